The van der Waals surface area contributed by atoms with E-state index >= 15 is 0 Å². The van der Waals surface area contributed by atoms with E-state index in [1.807, 2.05) is 13.8 Å². The zero-order chi connectivity index (χ0) is 14.0. The molecular formula is C12H15N3O3S. The van der Waals surface area contributed by atoms with Crippen LogP contribution in [-0.2, 0) is 16.1 Å². The number of hydrogen-bond acceptors (Lipinski definition) is 5. The quantitative estimate of drug-likeness (QED) is 0.825. The smallest absolute Gasteiger partial charge is 0.259 e. The van der Waals surface area contributed by atoms with Crippen LogP contribution in [0.25, 0.3) is 10.2 Å². The summed E-state index contributed by atoms with van der Waals surface area (Å²) in [6.45, 7) is 3.88. The fourth-order valence-electron chi connectivity index (χ4n) is 1.81. The lowest BCUT2D eigenvalue weighted by Gasteiger charge is -2.02. The highest BCUT2D eigenvalue weighted by Gasteiger charge is 2.12. The Hall–Kier alpha value is -1.73. The number of carbonyl (C=O) groups excluding carboxylic acids is 1. The van der Waals surface area contributed by atoms with E-state index in [9.17, 15) is 9.59 Å². The summed E-state index contributed by atoms with van der Waals surface area (Å²) in [5, 5.41) is 0.646. The summed E-state index contributed by atoms with van der Waals surface area (Å²) < 4.78 is 0. The topological polar surface area (TPSA) is 84.1 Å². The van der Waals surface area contributed by atoms with Crippen molar-refractivity contribution < 1.29 is 9.63 Å². The number of fused-ring (bicyclic) bond motifs is 1. The summed E-state index contributed by atoms with van der Waals surface area (Å²) in [6.07, 6.45) is 0.585. The Balaban J connectivity index is 2.26. The molecule has 2 rings (SSSR count). The third-order valence-corrected chi connectivity index (χ3v) is 3.99. The van der Waals surface area contributed by atoms with E-state index in [1.54, 1.807) is 0 Å². The number of amides is 1. The van der Waals surface area contributed by atoms with Gasteiger partial charge in [0.25, 0.3) is 5.56 Å². The monoisotopic (exact) mass is 281 g/mol. The highest BCUT2D eigenvalue weighted by Crippen LogP contribution is 2.25. The van der Waals surface area contributed by atoms with Crippen LogP contribution in [0.4, 0.5) is 0 Å². The molecule has 0 aliphatic rings. The molecule has 0 aliphatic heterocycles. The number of rotatable bonds is 4. The Kier molecular flexibility index (Phi) is 3.96. The van der Waals surface area contributed by atoms with Crippen molar-refractivity contribution in [1.82, 2.24) is 15.4 Å². The SMILES string of the molecule is CONC(=O)CCc1nc2sc(C)c(C)c2c(=O)[nH]1. The average Bonchev–Trinajstić information content (AvgIpc) is 2.63. The largest absolute Gasteiger partial charge is 0.310 e. The Morgan fingerprint density at radius 1 is 1.47 bits per heavy atom. The van der Waals surface area contributed by atoms with Gasteiger partial charge in [-0.15, -0.1) is 11.3 Å². The van der Waals surface area contributed by atoms with Gasteiger partial charge >= 0.3 is 0 Å². The van der Waals surface area contributed by atoms with E-state index in [0.717, 1.165) is 15.3 Å². The van der Waals surface area contributed by atoms with E-state index in [2.05, 4.69) is 20.3 Å². The highest BCUT2D eigenvalue weighted by molar-refractivity contribution is 7.18. The van der Waals surface area contributed by atoms with Crippen LogP contribution >= 0.6 is 11.3 Å². The molecule has 0 aromatic carbocycles. The van der Waals surface area contributed by atoms with Crippen LogP contribution in [0.2, 0.25) is 0 Å². The van der Waals surface area contributed by atoms with Crippen molar-refractivity contribution in [3.63, 3.8) is 0 Å². The number of aryl methyl sites for hydroxylation is 3. The molecule has 102 valence electrons. The first kappa shape index (κ1) is 13.7. The first-order valence-corrected chi connectivity index (χ1v) is 6.65. The number of H-pyrrole nitrogens is 1. The van der Waals surface area contributed by atoms with Gasteiger partial charge in [0.1, 0.15) is 10.7 Å². The Labute approximate surface area is 113 Å². The van der Waals surface area contributed by atoms with Crippen LogP contribution < -0.4 is 11.0 Å². The number of nitrogens with zero attached hydrogens (tertiary/aromatic N) is 1. The Morgan fingerprint density at radius 3 is 2.89 bits per heavy atom. The molecule has 0 spiro atoms. The normalized spacial score (nSPS) is 10.9. The van der Waals surface area contributed by atoms with Gasteiger partial charge in [0, 0.05) is 17.7 Å². The third kappa shape index (κ3) is 2.82. The third-order valence-electron chi connectivity index (χ3n) is 2.89. The minimum Gasteiger partial charge on any atom is -0.310 e. The van der Waals surface area contributed by atoms with Crippen molar-refractivity contribution in [3.8, 4) is 0 Å². The fourth-order valence-corrected chi connectivity index (χ4v) is 2.86. The number of aromatic nitrogens is 2. The lowest BCUT2D eigenvalue weighted by atomic mass is 10.2. The second kappa shape index (κ2) is 5.50. The number of hydroxylamine groups is 1. The van der Waals surface area contributed by atoms with E-state index < -0.39 is 0 Å². The zero-order valence-electron chi connectivity index (χ0n) is 11.0. The van der Waals surface area contributed by atoms with E-state index in [4.69, 9.17) is 0 Å². The minimum atomic E-state index is -0.246. The molecule has 0 radical (unpaired) electrons. The highest BCUT2D eigenvalue weighted by atomic mass is 32.1. The maximum absolute atomic E-state index is 12.0. The fraction of sp³-hybridized carbons (Fsp3) is 0.417. The van der Waals surface area contributed by atoms with E-state index in [-0.39, 0.29) is 17.9 Å². The molecule has 0 fully saturated rings. The van der Waals surface area contributed by atoms with Crippen molar-refractivity contribution >= 4 is 27.5 Å². The molecule has 19 heavy (non-hydrogen) atoms. The molecule has 0 unspecified atom stereocenters. The molecule has 1 amide bonds. The summed E-state index contributed by atoms with van der Waals surface area (Å²) in [5.74, 6) is 0.272. The molecular weight excluding hydrogens is 266 g/mol. The molecule has 0 saturated carbocycles. The Bertz CT molecular complexity index is 675. The first-order chi connectivity index (χ1) is 9.02. The maximum atomic E-state index is 12.0. The van der Waals surface area contributed by atoms with Crippen LogP contribution in [0.5, 0.6) is 0 Å². The predicted molar refractivity (Wildman–Crippen MR) is 73.2 cm³/mol. The van der Waals surface area contributed by atoms with Crippen LogP contribution in [-0.4, -0.2) is 23.0 Å². The second-order valence-corrected chi connectivity index (χ2v) is 5.41. The van der Waals surface area contributed by atoms with Gasteiger partial charge in [-0.25, -0.2) is 10.5 Å². The van der Waals surface area contributed by atoms with E-state index in [0.29, 0.717) is 17.6 Å². The number of nitrogens with one attached hydrogen (secondary N) is 2. The van der Waals surface area contributed by atoms with E-state index in [1.165, 1.54) is 18.4 Å². The molecule has 0 atom stereocenters. The van der Waals surface area contributed by atoms with Gasteiger partial charge in [-0.05, 0) is 19.4 Å². The molecule has 2 aromatic rings. The lowest BCUT2D eigenvalue weighted by molar-refractivity contribution is -0.131. The van der Waals surface area contributed by atoms with Crippen molar-refractivity contribution in [3.05, 3.63) is 26.6 Å². The Morgan fingerprint density at radius 2 is 2.21 bits per heavy atom. The number of aromatic amines is 1. The van der Waals surface area contributed by atoms with Crippen LogP contribution in [0.3, 0.4) is 0 Å². The number of hydrogen-bond donors (Lipinski definition) is 2. The molecule has 0 bridgehead atoms. The molecule has 0 saturated heterocycles. The molecule has 2 aromatic heterocycles. The van der Waals surface area contributed by atoms with Gasteiger partial charge in [-0.1, -0.05) is 0 Å². The molecule has 2 heterocycles. The van der Waals surface area contributed by atoms with Gasteiger partial charge in [0.05, 0.1) is 12.5 Å². The van der Waals surface area contributed by atoms with Gasteiger partial charge < -0.3 is 4.98 Å². The van der Waals surface area contributed by atoms with Crippen molar-refractivity contribution in [2.24, 2.45) is 0 Å². The summed E-state index contributed by atoms with van der Waals surface area (Å²) in [5.41, 5.74) is 3.05. The zero-order valence-corrected chi connectivity index (χ0v) is 11.8. The van der Waals surface area contributed by atoms with Gasteiger partial charge in [-0.3, -0.25) is 14.4 Å². The summed E-state index contributed by atoms with van der Waals surface area (Å²) in [6, 6.07) is 0. The summed E-state index contributed by atoms with van der Waals surface area (Å²) in [4.78, 5) is 36.7. The second-order valence-electron chi connectivity index (χ2n) is 4.21. The van der Waals surface area contributed by atoms with Crippen LogP contribution in [0.15, 0.2) is 4.79 Å². The minimum absolute atomic E-state index is 0.144. The molecule has 6 nitrogen and oxygen atoms in total. The van der Waals surface area contributed by atoms with Crippen LogP contribution in [0, 0.1) is 13.8 Å². The molecule has 0 aliphatic carbocycles. The maximum Gasteiger partial charge on any atom is 0.259 e. The molecule has 7 heteroatoms. The van der Waals surface area contributed by atoms with Gasteiger partial charge in [0.2, 0.25) is 5.91 Å². The lowest BCUT2D eigenvalue weighted by Crippen LogP contribution is -2.22. The number of thiophene rings is 1. The summed E-state index contributed by atoms with van der Waals surface area (Å²) in [7, 11) is 1.38. The average molecular weight is 281 g/mol. The number of carbonyl (C=O) groups is 1. The standard InChI is InChI=1S/C12H15N3O3S/c1-6-7(2)19-12-10(6)11(17)13-8(14-12)4-5-9(16)15-18-3/h4-5H2,1-3H3,(H,15,16)(H,13,14,17). The van der Waals surface area contributed by atoms with Crippen molar-refractivity contribution in [1.29, 1.82) is 0 Å². The van der Waals surface area contributed by atoms with Crippen molar-refractivity contribution in [2.45, 2.75) is 26.7 Å². The van der Waals surface area contributed by atoms with Crippen molar-refractivity contribution in [2.75, 3.05) is 7.11 Å². The van der Waals surface area contributed by atoms with Crippen LogP contribution in [0.1, 0.15) is 22.7 Å². The van der Waals surface area contributed by atoms with Gasteiger partial charge in [0.15, 0.2) is 0 Å². The van der Waals surface area contributed by atoms with Gasteiger partial charge in [-0.2, -0.15) is 0 Å². The summed E-state index contributed by atoms with van der Waals surface area (Å²) >= 11 is 1.50. The molecule has 2 N–H and O–H groups in total. The first-order valence-electron chi connectivity index (χ1n) is 5.83. The predicted octanol–water partition coefficient (Wildman–Crippen LogP) is 1.21.